The van der Waals surface area contributed by atoms with E-state index in [9.17, 15) is 0 Å². The molecule has 0 spiro atoms. The number of nitrogens with one attached hydrogen (secondary N) is 1. The molecule has 0 fully saturated rings. The second-order valence-corrected chi connectivity index (χ2v) is 5.13. The first-order chi connectivity index (χ1) is 8.11. The summed E-state index contributed by atoms with van der Waals surface area (Å²) in [5.41, 5.74) is 2.21. The summed E-state index contributed by atoms with van der Waals surface area (Å²) in [6.07, 6.45) is 3.85. The topological polar surface area (TPSA) is 29.9 Å². The molecule has 5 heteroatoms. The van der Waals surface area contributed by atoms with E-state index in [0.29, 0.717) is 0 Å². The maximum absolute atomic E-state index is 6.04. The van der Waals surface area contributed by atoms with Crippen LogP contribution in [0.25, 0.3) is 0 Å². The van der Waals surface area contributed by atoms with E-state index in [-0.39, 0.29) is 6.04 Å². The van der Waals surface area contributed by atoms with Gasteiger partial charge in [0.2, 0.25) is 0 Å². The number of hydrogen-bond acceptors (Lipinski definition) is 2. The van der Waals surface area contributed by atoms with Crippen LogP contribution in [0.5, 0.6) is 0 Å². The van der Waals surface area contributed by atoms with Gasteiger partial charge in [-0.1, -0.05) is 27.5 Å². The number of benzene rings is 1. The molecular weight excluding hydrogens is 302 g/mol. The van der Waals surface area contributed by atoms with Crippen molar-refractivity contribution in [1.29, 1.82) is 0 Å². The lowest BCUT2D eigenvalue weighted by Crippen LogP contribution is -2.17. The minimum absolute atomic E-state index is 0.0803. The minimum Gasteiger partial charge on any atom is -0.309 e. The van der Waals surface area contributed by atoms with Crippen molar-refractivity contribution in [3.8, 4) is 0 Å². The van der Waals surface area contributed by atoms with Gasteiger partial charge in [-0.2, -0.15) is 5.10 Å². The van der Waals surface area contributed by atoms with Crippen LogP contribution in [0.3, 0.4) is 0 Å². The Morgan fingerprint density at radius 2 is 2.24 bits per heavy atom. The molecule has 1 heterocycles. The molecule has 0 aliphatic rings. The summed E-state index contributed by atoms with van der Waals surface area (Å²) >= 11 is 9.59. The third-order valence-corrected chi connectivity index (χ3v) is 3.57. The van der Waals surface area contributed by atoms with Crippen molar-refractivity contribution in [3.63, 3.8) is 0 Å². The van der Waals surface area contributed by atoms with Gasteiger partial charge in [0.05, 0.1) is 12.2 Å². The Morgan fingerprint density at radius 3 is 2.82 bits per heavy atom. The number of aromatic nitrogens is 2. The predicted molar refractivity (Wildman–Crippen MR) is 73.3 cm³/mol. The van der Waals surface area contributed by atoms with Gasteiger partial charge in [0.15, 0.2) is 0 Å². The zero-order valence-corrected chi connectivity index (χ0v) is 12.0. The fourth-order valence-corrected chi connectivity index (χ4v) is 2.48. The zero-order chi connectivity index (χ0) is 12.4. The van der Waals surface area contributed by atoms with Crippen LogP contribution in [-0.2, 0) is 7.05 Å². The Bertz CT molecular complexity index is 524. The Morgan fingerprint density at radius 1 is 1.47 bits per heavy atom. The highest BCUT2D eigenvalue weighted by Gasteiger charge is 2.16. The molecule has 0 saturated carbocycles. The molecule has 1 atom stereocenters. The Hall–Kier alpha value is -0.840. The third-order valence-electron chi connectivity index (χ3n) is 2.62. The van der Waals surface area contributed by atoms with Gasteiger partial charge in [-0.25, -0.2) is 0 Å². The van der Waals surface area contributed by atoms with Crippen molar-refractivity contribution in [3.05, 3.63) is 51.2 Å². The van der Waals surface area contributed by atoms with Crippen molar-refractivity contribution >= 4 is 27.5 Å². The molecule has 0 aliphatic heterocycles. The molecule has 0 saturated heterocycles. The van der Waals surface area contributed by atoms with E-state index in [0.717, 1.165) is 20.6 Å². The number of hydrogen-bond donors (Lipinski definition) is 1. The molecule has 1 N–H and O–H groups in total. The van der Waals surface area contributed by atoms with Crippen molar-refractivity contribution in [1.82, 2.24) is 15.1 Å². The van der Waals surface area contributed by atoms with Crippen molar-refractivity contribution in [2.45, 2.75) is 6.04 Å². The lowest BCUT2D eigenvalue weighted by Gasteiger charge is -2.17. The normalized spacial score (nSPS) is 12.7. The lowest BCUT2D eigenvalue weighted by molar-refractivity contribution is 0.686. The van der Waals surface area contributed by atoms with Crippen LogP contribution in [0.15, 0.2) is 35.1 Å². The summed E-state index contributed by atoms with van der Waals surface area (Å²) in [5, 5.41) is 8.19. The molecule has 2 rings (SSSR count). The average Bonchev–Trinajstić information content (AvgIpc) is 2.71. The van der Waals surface area contributed by atoms with E-state index < -0.39 is 0 Å². The van der Waals surface area contributed by atoms with Gasteiger partial charge in [0.25, 0.3) is 0 Å². The van der Waals surface area contributed by atoms with Gasteiger partial charge in [-0.15, -0.1) is 0 Å². The first-order valence-electron chi connectivity index (χ1n) is 5.22. The van der Waals surface area contributed by atoms with E-state index in [1.54, 1.807) is 4.68 Å². The molecule has 90 valence electrons. The van der Waals surface area contributed by atoms with Crippen LogP contribution >= 0.6 is 27.5 Å². The molecule has 17 heavy (non-hydrogen) atoms. The van der Waals surface area contributed by atoms with E-state index in [4.69, 9.17) is 11.6 Å². The van der Waals surface area contributed by atoms with Gasteiger partial charge in [-0.3, -0.25) is 4.68 Å². The molecule has 1 aromatic carbocycles. The summed E-state index contributed by atoms with van der Waals surface area (Å²) in [4.78, 5) is 0. The maximum atomic E-state index is 6.04. The van der Waals surface area contributed by atoms with Gasteiger partial charge in [0.1, 0.15) is 0 Å². The number of halogens is 2. The van der Waals surface area contributed by atoms with Crippen LogP contribution in [0.1, 0.15) is 17.2 Å². The summed E-state index contributed by atoms with van der Waals surface area (Å²) in [7, 11) is 3.83. The summed E-state index contributed by atoms with van der Waals surface area (Å²) in [6, 6.07) is 5.86. The lowest BCUT2D eigenvalue weighted by atomic mass is 10.0. The van der Waals surface area contributed by atoms with Gasteiger partial charge < -0.3 is 5.32 Å². The molecule has 2 aromatic rings. The van der Waals surface area contributed by atoms with Crippen LogP contribution in [0.2, 0.25) is 5.02 Å². The highest BCUT2D eigenvalue weighted by atomic mass is 79.9. The van der Waals surface area contributed by atoms with E-state index in [2.05, 4.69) is 26.3 Å². The first kappa shape index (κ1) is 12.6. The molecule has 0 bridgehead atoms. The quantitative estimate of drug-likeness (QED) is 0.943. The third kappa shape index (κ3) is 2.70. The fraction of sp³-hybridized carbons (Fsp3) is 0.250. The van der Waals surface area contributed by atoms with Gasteiger partial charge in [0, 0.05) is 28.3 Å². The largest absolute Gasteiger partial charge is 0.309 e. The molecule has 0 radical (unpaired) electrons. The molecular formula is C12H13BrClN3. The standard InChI is InChI=1S/C12H13BrClN3/c1-15-12(8-6-16-17(2)7-8)10-5-9(14)3-4-11(10)13/h3-7,12,15H,1-2H3. The van der Waals surface area contributed by atoms with Crippen LogP contribution < -0.4 is 5.32 Å². The number of aryl methyl sites for hydroxylation is 1. The Kier molecular flexibility index (Phi) is 3.86. The maximum Gasteiger partial charge on any atom is 0.0617 e. The van der Waals surface area contributed by atoms with E-state index >= 15 is 0 Å². The van der Waals surface area contributed by atoms with Crippen molar-refractivity contribution in [2.75, 3.05) is 7.05 Å². The smallest absolute Gasteiger partial charge is 0.0617 e. The van der Waals surface area contributed by atoms with Gasteiger partial charge in [-0.05, 0) is 30.8 Å². The Balaban J connectivity index is 2.45. The second kappa shape index (κ2) is 5.21. The molecule has 0 aliphatic carbocycles. The van der Waals surface area contributed by atoms with Crippen LogP contribution in [0.4, 0.5) is 0 Å². The van der Waals surface area contributed by atoms with E-state index in [1.807, 2.05) is 44.7 Å². The molecule has 1 unspecified atom stereocenters. The van der Waals surface area contributed by atoms with Gasteiger partial charge >= 0.3 is 0 Å². The number of rotatable bonds is 3. The fourth-order valence-electron chi connectivity index (χ4n) is 1.83. The monoisotopic (exact) mass is 313 g/mol. The highest BCUT2D eigenvalue weighted by molar-refractivity contribution is 9.10. The second-order valence-electron chi connectivity index (χ2n) is 3.83. The van der Waals surface area contributed by atoms with Crippen LogP contribution in [0, 0.1) is 0 Å². The van der Waals surface area contributed by atoms with E-state index in [1.165, 1.54) is 0 Å². The predicted octanol–water partition coefficient (Wildman–Crippen LogP) is 3.14. The summed E-state index contributed by atoms with van der Waals surface area (Å²) < 4.78 is 2.82. The minimum atomic E-state index is 0.0803. The van der Waals surface area contributed by atoms with Crippen molar-refractivity contribution in [2.24, 2.45) is 7.05 Å². The molecule has 0 amide bonds. The Labute approximate surface area is 114 Å². The SMILES string of the molecule is CNC(c1cnn(C)c1)c1cc(Cl)ccc1Br. The molecule has 1 aromatic heterocycles. The van der Waals surface area contributed by atoms with Crippen LogP contribution in [-0.4, -0.2) is 16.8 Å². The summed E-state index contributed by atoms with van der Waals surface area (Å²) in [5.74, 6) is 0. The first-order valence-corrected chi connectivity index (χ1v) is 6.39. The zero-order valence-electron chi connectivity index (χ0n) is 9.61. The highest BCUT2D eigenvalue weighted by Crippen LogP contribution is 2.30. The molecule has 3 nitrogen and oxygen atoms in total. The number of nitrogens with zero attached hydrogens (tertiary/aromatic N) is 2. The van der Waals surface area contributed by atoms with Crippen molar-refractivity contribution < 1.29 is 0 Å². The summed E-state index contributed by atoms with van der Waals surface area (Å²) in [6.45, 7) is 0. The average molecular weight is 315 g/mol.